The molecule has 0 aromatic carbocycles. The lowest BCUT2D eigenvalue weighted by Crippen LogP contribution is -2.65. The SMILES string of the molecule is CCNC1CC(OC2CCCCC2)C12CCCCC2. The Morgan fingerprint density at radius 3 is 2.37 bits per heavy atom. The summed E-state index contributed by atoms with van der Waals surface area (Å²) in [5.41, 5.74) is 0.506. The average molecular weight is 265 g/mol. The molecule has 0 amide bonds. The van der Waals surface area contributed by atoms with Gasteiger partial charge in [-0.2, -0.15) is 0 Å². The van der Waals surface area contributed by atoms with E-state index in [1.165, 1.54) is 70.6 Å². The number of hydrogen-bond acceptors (Lipinski definition) is 2. The van der Waals surface area contributed by atoms with Crippen molar-refractivity contribution in [3.8, 4) is 0 Å². The summed E-state index contributed by atoms with van der Waals surface area (Å²) >= 11 is 0. The summed E-state index contributed by atoms with van der Waals surface area (Å²) < 4.78 is 6.56. The summed E-state index contributed by atoms with van der Waals surface area (Å²) in [7, 11) is 0. The van der Waals surface area contributed by atoms with Crippen molar-refractivity contribution in [3.05, 3.63) is 0 Å². The van der Waals surface area contributed by atoms with Gasteiger partial charge in [0.2, 0.25) is 0 Å². The van der Waals surface area contributed by atoms with Crippen LogP contribution < -0.4 is 5.32 Å². The van der Waals surface area contributed by atoms with Gasteiger partial charge in [-0.3, -0.25) is 0 Å². The molecule has 110 valence electrons. The van der Waals surface area contributed by atoms with Crippen molar-refractivity contribution >= 4 is 0 Å². The molecule has 0 heterocycles. The third kappa shape index (κ3) is 2.71. The van der Waals surface area contributed by atoms with E-state index in [1.807, 2.05) is 0 Å². The minimum Gasteiger partial charge on any atom is -0.374 e. The zero-order valence-corrected chi connectivity index (χ0v) is 12.6. The molecule has 0 aromatic rings. The van der Waals surface area contributed by atoms with E-state index in [9.17, 15) is 0 Å². The van der Waals surface area contributed by atoms with Gasteiger partial charge in [-0.1, -0.05) is 45.4 Å². The Morgan fingerprint density at radius 1 is 1.00 bits per heavy atom. The topological polar surface area (TPSA) is 21.3 Å². The number of hydrogen-bond donors (Lipinski definition) is 1. The number of rotatable bonds is 4. The predicted octanol–water partition coefficient (Wildman–Crippen LogP) is 4.04. The van der Waals surface area contributed by atoms with Crippen molar-refractivity contribution in [2.45, 2.75) is 95.8 Å². The third-order valence-corrected chi connectivity index (χ3v) is 5.93. The maximum atomic E-state index is 6.56. The highest BCUT2D eigenvalue weighted by atomic mass is 16.5. The van der Waals surface area contributed by atoms with Crippen LogP contribution in [0.2, 0.25) is 0 Å². The molecule has 2 heteroatoms. The fraction of sp³-hybridized carbons (Fsp3) is 1.00. The predicted molar refractivity (Wildman–Crippen MR) is 79.3 cm³/mol. The number of nitrogens with one attached hydrogen (secondary N) is 1. The fourth-order valence-electron chi connectivity index (χ4n) is 4.79. The minimum atomic E-state index is 0.506. The van der Waals surface area contributed by atoms with Gasteiger partial charge >= 0.3 is 0 Å². The van der Waals surface area contributed by atoms with Crippen molar-refractivity contribution < 1.29 is 4.74 Å². The molecular weight excluding hydrogens is 234 g/mol. The number of ether oxygens (including phenoxy) is 1. The Hall–Kier alpha value is -0.0800. The zero-order chi connectivity index (χ0) is 13.1. The molecular formula is C17H31NO. The van der Waals surface area contributed by atoms with Gasteiger partial charge < -0.3 is 10.1 Å². The Morgan fingerprint density at radius 2 is 1.68 bits per heavy atom. The lowest BCUT2D eigenvalue weighted by atomic mass is 9.55. The summed E-state index contributed by atoms with van der Waals surface area (Å²) in [5, 5.41) is 3.73. The van der Waals surface area contributed by atoms with Crippen LogP contribution >= 0.6 is 0 Å². The molecule has 2 unspecified atom stereocenters. The van der Waals surface area contributed by atoms with Gasteiger partial charge in [0.15, 0.2) is 0 Å². The lowest BCUT2D eigenvalue weighted by Gasteiger charge is -2.58. The van der Waals surface area contributed by atoms with Gasteiger partial charge in [0.25, 0.3) is 0 Å². The second-order valence-electron chi connectivity index (χ2n) is 7.02. The Labute approximate surface area is 118 Å². The van der Waals surface area contributed by atoms with Crippen LogP contribution in [0.3, 0.4) is 0 Å². The molecule has 0 saturated heterocycles. The van der Waals surface area contributed by atoms with Crippen LogP contribution in [0, 0.1) is 5.41 Å². The minimum absolute atomic E-state index is 0.506. The van der Waals surface area contributed by atoms with Crippen molar-refractivity contribution in [3.63, 3.8) is 0 Å². The Kier molecular flexibility index (Phi) is 4.48. The molecule has 0 aliphatic heterocycles. The van der Waals surface area contributed by atoms with Crippen LogP contribution in [-0.4, -0.2) is 24.8 Å². The van der Waals surface area contributed by atoms with Crippen molar-refractivity contribution in [2.75, 3.05) is 6.54 Å². The Balaban J connectivity index is 1.60. The standard InChI is InChI=1S/C17H31NO/c1-2-18-15-13-16(17(15)11-7-4-8-12-17)19-14-9-5-3-6-10-14/h14-16,18H,2-13H2,1H3. The van der Waals surface area contributed by atoms with Crippen molar-refractivity contribution in [1.29, 1.82) is 0 Å². The van der Waals surface area contributed by atoms with Gasteiger partial charge in [0, 0.05) is 11.5 Å². The molecule has 1 spiro atoms. The summed E-state index contributed by atoms with van der Waals surface area (Å²) in [6.07, 6.45) is 16.4. The van der Waals surface area contributed by atoms with Crippen LogP contribution in [0.4, 0.5) is 0 Å². The quantitative estimate of drug-likeness (QED) is 0.828. The summed E-state index contributed by atoms with van der Waals surface area (Å²) in [6, 6.07) is 0.742. The maximum absolute atomic E-state index is 6.56. The van der Waals surface area contributed by atoms with Crippen LogP contribution in [0.1, 0.15) is 77.6 Å². The van der Waals surface area contributed by atoms with Crippen LogP contribution in [0.5, 0.6) is 0 Å². The normalized spacial score (nSPS) is 35.2. The molecule has 3 rings (SSSR count). The molecule has 3 fully saturated rings. The van der Waals surface area contributed by atoms with Crippen LogP contribution in [0.15, 0.2) is 0 Å². The first-order chi connectivity index (χ1) is 9.35. The van der Waals surface area contributed by atoms with Crippen LogP contribution in [0.25, 0.3) is 0 Å². The van der Waals surface area contributed by atoms with E-state index in [0.717, 1.165) is 12.6 Å². The molecule has 3 aliphatic carbocycles. The van der Waals surface area contributed by atoms with E-state index < -0.39 is 0 Å². The average Bonchev–Trinajstić information content (AvgIpc) is 2.48. The van der Waals surface area contributed by atoms with Gasteiger partial charge in [-0.05, 0) is 38.6 Å². The van der Waals surface area contributed by atoms with E-state index in [0.29, 0.717) is 17.6 Å². The summed E-state index contributed by atoms with van der Waals surface area (Å²) in [6.45, 7) is 3.36. The molecule has 1 N–H and O–H groups in total. The van der Waals surface area contributed by atoms with Gasteiger partial charge in [0.05, 0.1) is 12.2 Å². The largest absolute Gasteiger partial charge is 0.374 e. The molecule has 2 nitrogen and oxygen atoms in total. The van der Waals surface area contributed by atoms with Gasteiger partial charge in [-0.15, -0.1) is 0 Å². The highest BCUT2D eigenvalue weighted by Crippen LogP contribution is 2.54. The fourth-order valence-corrected chi connectivity index (χ4v) is 4.79. The van der Waals surface area contributed by atoms with E-state index in [4.69, 9.17) is 4.74 Å². The molecule has 3 aliphatic rings. The smallest absolute Gasteiger partial charge is 0.0665 e. The summed E-state index contributed by atoms with van der Waals surface area (Å²) in [4.78, 5) is 0. The lowest BCUT2D eigenvalue weighted by molar-refractivity contribution is -0.181. The third-order valence-electron chi connectivity index (χ3n) is 5.93. The first kappa shape index (κ1) is 13.9. The molecule has 0 aromatic heterocycles. The maximum Gasteiger partial charge on any atom is 0.0665 e. The molecule has 0 bridgehead atoms. The Bertz CT molecular complexity index is 279. The first-order valence-electron chi connectivity index (χ1n) is 8.74. The second kappa shape index (κ2) is 6.13. The van der Waals surface area contributed by atoms with E-state index >= 15 is 0 Å². The molecule has 19 heavy (non-hydrogen) atoms. The van der Waals surface area contributed by atoms with Gasteiger partial charge in [0.1, 0.15) is 0 Å². The molecule has 3 saturated carbocycles. The summed E-state index contributed by atoms with van der Waals surface area (Å²) in [5.74, 6) is 0. The highest BCUT2D eigenvalue weighted by molar-refractivity contribution is 5.09. The van der Waals surface area contributed by atoms with Crippen molar-refractivity contribution in [2.24, 2.45) is 5.41 Å². The van der Waals surface area contributed by atoms with Crippen LogP contribution in [-0.2, 0) is 4.74 Å². The second-order valence-corrected chi connectivity index (χ2v) is 7.02. The van der Waals surface area contributed by atoms with Crippen molar-refractivity contribution in [1.82, 2.24) is 5.32 Å². The highest BCUT2D eigenvalue weighted by Gasteiger charge is 2.55. The van der Waals surface area contributed by atoms with Gasteiger partial charge in [-0.25, -0.2) is 0 Å². The molecule has 0 radical (unpaired) electrons. The molecule has 2 atom stereocenters. The van der Waals surface area contributed by atoms with E-state index in [2.05, 4.69) is 12.2 Å². The van der Waals surface area contributed by atoms with E-state index in [-0.39, 0.29) is 0 Å². The zero-order valence-electron chi connectivity index (χ0n) is 12.6. The monoisotopic (exact) mass is 265 g/mol. The van der Waals surface area contributed by atoms with E-state index in [1.54, 1.807) is 0 Å². The first-order valence-corrected chi connectivity index (χ1v) is 8.74.